The Kier molecular flexibility index (Phi) is 6.33. The predicted octanol–water partition coefficient (Wildman–Crippen LogP) is 2.27. The molecule has 0 radical (unpaired) electrons. The number of fused-ring (bicyclic) bond motifs is 1. The van der Waals surface area contributed by atoms with Crippen LogP contribution in [0.3, 0.4) is 0 Å². The van der Waals surface area contributed by atoms with Crippen molar-refractivity contribution in [2.24, 2.45) is 7.05 Å². The summed E-state index contributed by atoms with van der Waals surface area (Å²) in [6.07, 6.45) is 2.82. The van der Waals surface area contributed by atoms with Gasteiger partial charge in [0.2, 0.25) is 0 Å². The van der Waals surface area contributed by atoms with Crippen LogP contribution in [0.4, 0.5) is 19.0 Å². The Morgan fingerprint density at radius 1 is 1.22 bits per heavy atom. The number of halogens is 3. The standard InChI is InChI=1S/C23H22F3N7O3/c1-33-19(5-12(8-34)32-33)23(35)30-14-4-13(9-36-10-14)29-22-18(26)7-28-21(31-22)16-6-27-20-15(16)2-11(24)3-17(20)25/h2-3,5-7,13-14,27,34H,4,8-10H2,1H3,(H,30,35)(H,28,29,31)/t13-,14+/m1/s1. The summed E-state index contributed by atoms with van der Waals surface area (Å²) < 4.78 is 49.4. The molecule has 0 spiro atoms. The van der Waals surface area contributed by atoms with E-state index in [9.17, 15) is 23.1 Å². The molecule has 0 unspecified atom stereocenters. The molecule has 0 aliphatic carbocycles. The molecule has 1 saturated heterocycles. The molecule has 3 aromatic heterocycles. The van der Waals surface area contributed by atoms with Gasteiger partial charge in [-0.15, -0.1) is 0 Å². The summed E-state index contributed by atoms with van der Waals surface area (Å²) in [7, 11) is 1.60. The van der Waals surface area contributed by atoms with E-state index in [2.05, 4.69) is 30.7 Å². The molecule has 0 saturated carbocycles. The Morgan fingerprint density at radius 2 is 2.03 bits per heavy atom. The van der Waals surface area contributed by atoms with Crippen LogP contribution < -0.4 is 10.6 Å². The molecule has 13 heteroatoms. The number of aromatic nitrogens is 5. The first kappa shape index (κ1) is 23.8. The minimum atomic E-state index is -0.761. The van der Waals surface area contributed by atoms with Crippen molar-refractivity contribution in [3.8, 4) is 11.4 Å². The number of nitrogens with zero attached hydrogens (tertiary/aromatic N) is 4. The van der Waals surface area contributed by atoms with Gasteiger partial charge in [0, 0.05) is 30.3 Å². The highest BCUT2D eigenvalue weighted by Gasteiger charge is 2.27. The number of aliphatic hydroxyl groups is 1. The number of benzene rings is 1. The largest absolute Gasteiger partial charge is 0.390 e. The molecule has 4 N–H and O–H groups in total. The zero-order valence-corrected chi connectivity index (χ0v) is 19.1. The molecular weight excluding hydrogens is 479 g/mol. The van der Waals surface area contributed by atoms with Crippen molar-refractivity contribution < 1.29 is 27.8 Å². The first-order chi connectivity index (χ1) is 17.3. The van der Waals surface area contributed by atoms with Gasteiger partial charge >= 0.3 is 0 Å². The fraction of sp³-hybridized carbons (Fsp3) is 0.304. The number of nitrogens with one attached hydrogen (secondary N) is 3. The first-order valence-corrected chi connectivity index (χ1v) is 11.1. The topological polar surface area (TPSA) is 130 Å². The number of rotatable bonds is 6. The van der Waals surface area contributed by atoms with Gasteiger partial charge in [-0.3, -0.25) is 9.48 Å². The molecule has 5 rings (SSSR count). The van der Waals surface area contributed by atoms with Crippen LogP contribution in [0.15, 0.2) is 30.6 Å². The third-order valence-electron chi connectivity index (χ3n) is 5.90. The van der Waals surface area contributed by atoms with Crippen molar-refractivity contribution >= 4 is 22.6 Å². The summed E-state index contributed by atoms with van der Waals surface area (Å²) in [5.41, 5.74) is 1.06. The Balaban J connectivity index is 1.31. The number of ether oxygens (including phenoxy) is 1. The van der Waals surface area contributed by atoms with E-state index in [0.717, 1.165) is 18.3 Å². The summed E-state index contributed by atoms with van der Waals surface area (Å²) in [5.74, 6) is -2.64. The Labute approximate surface area is 202 Å². The number of carbonyl (C=O) groups excluding carboxylic acids is 1. The van der Waals surface area contributed by atoms with Crippen molar-refractivity contribution in [3.05, 3.63) is 59.4 Å². The molecular formula is C23H22F3N7O3. The monoisotopic (exact) mass is 501 g/mol. The van der Waals surface area contributed by atoms with Crippen molar-refractivity contribution in [2.75, 3.05) is 18.5 Å². The fourth-order valence-corrected chi connectivity index (χ4v) is 4.24. The van der Waals surface area contributed by atoms with Gasteiger partial charge in [-0.2, -0.15) is 5.10 Å². The van der Waals surface area contributed by atoms with Crippen molar-refractivity contribution in [1.82, 2.24) is 30.0 Å². The summed E-state index contributed by atoms with van der Waals surface area (Å²) in [6, 6.07) is 2.64. The Hall–Kier alpha value is -3.97. The zero-order chi connectivity index (χ0) is 25.4. The van der Waals surface area contributed by atoms with Gasteiger partial charge in [-0.25, -0.2) is 23.1 Å². The lowest BCUT2D eigenvalue weighted by atomic mass is 10.1. The predicted molar refractivity (Wildman–Crippen MR) is 122 cm³/mol. The van der Waals surface area contributed by atoms with Gasteiger partial charge in [0.25, 0.3) is 5.91 Å². The molecule has 1 aliphatic heterocycles. The van der Waals surface area contributed by atoms with Crippen LogP contribution in [0.2, 0.25) is 0 Å². The summed E-state index contributed by atoms with van der Waals surface area (Å²) in [4.78, 5) is 23.6. The fourth-order valence-electron chi connectivity index (χ4n) is 4.24. The first-order valence-electron chi connectivity index (χ1n) is 11.1. The summed E-state index contributed by atoms with van der Waals surface area (Å²) in [6.45, 7) is 0.224. The highest BCUT2D eigenvalue weighted by Crippen LogP contribution is 2.30. The van der Waals surface area contributed by atoms with E-state index in [1.54, 1.807) is 7.05 Å². The second-order valence-electron chi connectivity index (χ2n) is 8.49. The highest BCUT2D eigenvalue weighted by molar-refractivity contribution is 5.94. The average molecular weight is 501 g/mol. The molecule has 1 aromatic carbocycles. The molecule has 10 nitrogen and oxygen atoms in total. The number of H-pyrrole nitrogens is 1. The van der Waals surface area contributed by atoms with Crippen LogP contribution in [-0.2, 0) is 18.4 Å². The molecule has 1 fully saturated rings. The minimum Gasteiger partial charge on any atom is -0.390 e. The number of carbonyl (C=O) groups is 1. The quantitative estimate of drug-likeness (QED) is 0.319. The lowest BCUT2D eigenvalue weighted by Gasteiger charge is -2.30. The van der Waals surface area contributed by atoms with Crippen molar-refractivity contribution in [1.29, 1.82) is 0 Å². The van der Waals surface area contributed by atoms with Gasteiger partial charge < -0.3 is 25.5 Å². The second kappa shape index (κ2) is 9.59. The number of hydrogen-bond acceptors (Lipinski definition) is 7. The van der Waals surface area contributed by atoms with Crippen LogP contribution in [-0.4, -0.2) is 61.0 Å². The van der Waals surface area contributed by atoms with E-state index in [-0.39, 0.29) is 60.0 Å². The normalized spacial score (nSPS) is 17.9. The molecule has 1 aliphatic rings. The maximum atomic E-state index is 14.6. The summed E-state index contributed by atoms with van der Waals surface area (Å²) >= 11 is 0. The van der Waals surface area contributed by atoms with E-state index in [1.165, 1.54) is 16.9 Å². The molecule has 188 valence electrons. The van der Waals surface area contributed by atoms with E-state index >= 15 is 0 Å². The van der Waals surface area contributed by atoms with E-state index in [1.807, 2.05) is 0 Å². The van der Waals surface area contributed by atoms with E-state index in [4.69, 9.17) is 4.74 Å². The molecule has 0 bridgehead atoms. The number of aliphatic hydroxyl groups excluding tert-OH is 1. The van der Waals surface area contributed by atoms with E-state index < -0.39 is 23.5 Å². The lowest BCUT2D eigenvalue weighted by Crippen LogP contribution is -2.47. The molecule has 1 amide bonds. The molecule has 36 heavy (non-hydrogen) atoms. The van der Waals surface area contributed by atoms with Gasteiger partial charge in [-0.05, 0) is 18.6 Å². The maximum Gasteiger partial charge on any atom is 0.269 e. The SMILES string of the molecule is Cn1nc(CO)cc1C(=O)N[C@@H]1COC[C@H](Nc2nc(-c3c[nH]c4c(F)cc(F)cc34)ncc2F)C1. The van der Waals surface area contributed by atoms with Crippen molar-refractivity contribution in [3.63, 3.8) is 0 Å². The highest BCUT2D eigenvalue weighted by atomic mass is 19.1. The number of aromatic amines is 1. The summed E-state index contributed by atoms with van der Waals surface area (Å²) in [5, 5.41) is 19.3. The lowest BCUT2D eigenvalue weighted by molar-refractivity contribution is 0.0556. The molecule has 4 aromatic rings. The van der Waals surface area contributed by atoms with Gasteiger partial charge in [0.05, 0.1) is 49.3 Å². The third kappa shape index (κ3) is 4.62. The molecule has 2 atom stereocenters. The van der Waals surface area contributed by atoms with Gasteiger partial charge in [-0.1, -0.05) is 0 Å². The smallest absolute Gasteiger partial charge is 0.269 e. The second-order valence-corrected chi connectivity index (χ2v) is 8.49. The number of anilines is 1. The van der Waals surface area contributed by atoms with Crippen LogP contribution in [0.25, 0.3) is 22.3 Å². The van der Waals surface area contributed by atoms with Gasteiger partial charge in [0.15, 0.2) is 17.5 Å². The Bertz CT molecular complexity index is 1440. The van der Waals surface area contributed by atoms with Crippen LogP contribution >= 0.6 is 0 Å². The van der Waals surface area contributed by atoms with Crippen LogP contribution in [0, 0.1) is 17.5 Å². The van der Waals surface area contributed by atoms with Crippen LogP contribution in [0.1, 0.15) is 22.6 Å². The Morgan fingerprint density at radius 3 is 2.81 bits per heavy atom. The zero-order valence-electron chi connectivity index (χ0n) is 19.1. The number of aryl methyl sites for hydroxylation is 1. The maximum absolute atomic E-state index is 14.6. The third-order valence-corrected chi connectivity index (χ3v) is 5.90. The number of amides is 1. The average Bonchev–Trinajstić information content (AvgIpc) is 3.44. The van der Waals surface area contributed by atoms with E-state index in [0.29, 0.717) is 17.7 Å². The van der Waals surface area contributed by atoms with Gasteiger partial charge in [0.1, 0.15) is 17.3 Å². The van der Waals surface area contributed by atoms with Crippen molar-refractivity contribution in [2.45, 2.75) is 25.1 Å². The number of hydrogen-bond donors (Lipinski definition) is 4. The van der Waals surface area contributed by atoms with Crippen LogP contribution in [0.5, 0.6) is 0 Å². The minimum absolute atomic E-state index is 0.0765. The molecule has 4 heterocycles.